The second-order valence-corrected chi connectivity index (χ2v) is 9.25. The molecule has 0 saturated carbocycles. The fourth-order valence-electron chi connectivity index (χ4n) is 3.62. The quantitative estimate of drug-likeness (QED) is 0.217. The van der Waals surface area contributed by atoms with Crippen LogP contribution in [0.15, 0.2) is 66.7 Å². The van der Waals surface area contributed by atoms with Crippen LogP contribution in [0.3, 0.4) is 0 Å². The molecule has 0 aliphatic carbocycles. The van der Waals surface area contributed by atoms with Gasteiger partial charge in [0, 0.05) is 11.0 Å². The van der Waals surface area contributed by atoms with Crippen LogP contribution in [0.4, 0.5) is 0 Å². The van der Waals surface area contributed by atoms with E-state index in [0.29, 0.717) is 0 Å². The molecule has 0 N–H and O–H groups in total. The minimum Gasteiger partial charge on any atom is -0.336 e. The van der Waals surface area contributed by atoms with Crippen molar-refractivity contribution in [1.29, 1.82) is 0 Å². The lowest BCUT2D eigenvalue weighted by Crippen LogP contribution is -2.30. The van der Waals surface area contributed by atoms with Crippen LogP contribution in [-0.4, -0.2) is 4.11 Å². The van der Waals surface area contributed by atoms with Crippen molar-refractivity contribution >= 4 is 22.6 Å². The minimum absolute atomic E-state index is 0.0563. The molecule has 0 amide bonds. The Bertz CT molecular complexity index is 976. The number of hydrogen-bond donors (Lipinski definition) is 0. The summed E-state index contributed by atoms with van der Waals surface area (Å²) in [5, 5.41) is 0. The van der Waals surface area contributed by atoms with Crippen LogP contribution in [0.2, 0.25) is 0 Å². The Morgan fingerprint density at radius 2 is 1.64 bits per heavy atom. The molecule has 144 valence electrons. The first-order valence-corrected chi connectivity index (χ1v) is 11.0. The zero-order valence-corrected chi connectivity index (χ0v) is 18.7. The van der Waals surface area contributed by atoms with Crippen molar-refractivity contribution in [3.8, 4) is 28.0 Å². The second-order valence-electron chi connectivity index (χ2n) is 8.12. The van der Waals surface area contributed by atoms with Gasteiger partial charge in [-0.05, 0) is 75.4 Å². The lowest BCUT2D eigenvalue weighted by atomic mass is 9.86. The van der Waals surface area contributed by atoms with Crippen molar-refractivity contribution in [2.75, 3.05) is 0 Å². The molecule has 1 aliphatic rings. The molecule has 0 aromatic heterocycles. The molecule has 3 heteroatoms. The van der Waals surface area contributed by atoms with Crippen molar-refractivity contribution in [2.24, 2.45) is 5.41 Å². The standard InChI is InChI=1S/C25H25IO2/c1-4-17-8-10-19(11-9-17)22-13-12-21-15-23(22)27-28-24(26)25(2,3)16-18-6-5-7-20(21)14-18/h5-15,24H,4,16H2,1-3H3. The van der Waals surface area contributed by atoms with Gasteiger partial charge in [0.15, 0.2) is 9.86 Å². The Balaban J connectivity index is 1.82. The summed E-state index contributed by atoms with van der Waals surface area (Å²) >= 11 is 2.34. The van der Waals surface area contributed by atoms with Gasteiger partial charge in [0.1, 0.15) is 0 Å². The van der Waals surface area contributed by atoms with Gasteiger partial charge >= 0.3 is 0 Å². The zero-order valence-electron chi connectivity index (χ0n) is 16.5. The van der Waals surface area contributed by atoms with Gasteiger partial charge < -0.3 is 4.89 Å². The van der Waals surface area contributed by atoms with Crippen molar-refractivity contribution in [3.05, 3.63) is 77.9 Å². The SMILES string of the molecule is CCc1ccc(-c2ccc3cc2OOC(I)C(C)(C)Cc2cccc-3c2)cc1. The molecule has 1 unspecified atom stereocenters. The highest BCUT2D eigenvalue weighted by Crippen LogP contribution is 2.39. The third kappa shape index (κ3) is 3.96. The second kappa shape index (κ2) is 7.88. The summed E-state index contributed by atoms with van der Waals surface area (Å²) in [4.78, 5) is 11.8. The van der Waals surface area contributed by atoms with E-state index in [1.54, 1.807) is 0 Å². The first kappa shape index (κ1) is 19.5. The van der Waals surface area contributed by atoms with Crippen molar-refractivity contribution in [3.63, 3.8) is 0 Å². The van der Waals surface area contributed by atoms with E-state index < -0.39 is 0 Å². The van der Waals surface area contributed by atoms with Gasteiger partial charge in [-0.3, -0.25) is 0 Å². The molecule has 4 bridgehead atoms. The average Bonchev–Trinajstić information content (AvgIpc) is 2.72. The van der Waals surface area contributed by atoms with E-state index in [-0.39, 0.29) is 9.53 Å². The van der Waals surface area contributed by atoms with Crippen LogP contribution in [0, 0.1) is 5.41 Å². The van der Waals surface area contributed by atoms with E-state index in [9.17, 15) is 0 Å². The number of halogens is 1. The Kier molecular flexibility index (Phi) is 5.48. The van der Waals surface area contributed by atoms with Gasteiger partial charge in [0.2, 0.25) is 0 Å². The van der Waals surface area contributed by atoms with Crippen LogP contribution in [0.5, 0.6) is 5.75 Å². The lowest BCUT2D eigenvalue weighted by Gasteiger charge is -2.29. The molecule has 28 heavy (non-hydrogen) atoms. The van der Waals surface area contributed by atoms with E-state index in [2.05, 4.69) is 110 Å². The largest absolute Gasteiger partial charge is 0.336 e. The summed E-state index contributed by atoms with van der Waals surface area (Å²) in [5.74, 6) is 0.756. The Morgan fingerprint density at radius 1 is 0.929 bits per heavy atom. The van der Waals surface area contributed by atoms with E-state index in [1.165, 1.54) is 16.7 Å². The molecule has 1 atom stereocenters. The molecule has 0 fully saturated rings. The topological polar surface area (TPSA) is 18.5 Å². The normalized spacial score (nSPS) is 18.1. The predicted octanol–water partition coefficient (Wildman–Crippen LogP) is 7.24. The Hall–Kier alpha value is -1.85. The summed E-state index contributed by atoms with van der Waals surface area (Å²) in [6.45, 7) is 6.61. The maximum atomic E-state index is 5.94. The Labute approximate surface area is 181 Å². The molecule has 0 radical (unpaired) electrons. The molecule has 1 heterocycles. The van der Waals surface area contributed by atoms with Crippen molar-refractivity contribution in [1.82, 2.24) is 0 Å². The summed E-state index contributed by atoms with van der Waals surface area (Å²) in [6, 6.07) is 23.8. The molecule has 0 saturated heterocycles. The summed E-state index contributed by atoms with van der Waals surface area (Å²) in [7, 11) is 0. The molecule has 4 rings (SSSR count). The number of hydrogen-bond acceptors (Lipinski definition) is 2. The van der Waals surface area contributed by atoms with E-state index in [0.717, 1.165) is 35.3 Å². The first-order valence-electron chi connectivity index (χ1n) is 9.76. The lowest BCUT2D eigenvalue weighted by molar-refractivity contribution is -0.233. The van der Waals surface area contributed by atoms with Gasteiger partial charge in [-0.2, -0.15) is 4.89 Å². The maximum absolute atomic E-state index is 5.94. The number of benzene rings is 3. The van der Waals surface area contributed by atoms with Crippen molar-refractivity contribution < 1.29 is 9.78 Å². The number of alkyl halides is 1. The van der Waals surface area contributed by atoms with Crippen LogP contribution >= 0.6 is 22.6 Å². The molecule has 0 spiro atoms. The third-order valence-electron chi connectivity index (χ3n) is 5.41. The molecular weight excluding hydrogens is 459 g/mol. The third-order valence-corrected chi connectivity index (χ3v) is 7.31. The fourth-order valence-corrected chi connectivity index (χ4v) is 3.94. The first-order chi connectivity index (χ1) is 13.5. The van der Waals surface area contributed by atoms with E-state index in [4.69, 9.17) is 9.78 Å². The summed E-state index contributed by atoms with van der Waals surface area (Å²) < 4.78 is -0.0779. The van der Waals surface area contributed by atoms with Gasteiger partial charge in [-0.25, -0.2) is 0 Å². The van der Waals surface area contributed by atoms with Crippen LogP contribution < -0.4 is 4.89 Å². The highest BCUT2D eigenvalue weighted by Gasteiger charge is 2.31. The van der Waals surface area contributed by atoms with Crippen molar-refractivity contribution in [2.45, 2.75) is 37.7 Å². The van der Waals surface area contributed by atoms with Crippen LogP contribution in [0.25, 0.3) is 22.3 Å². The predicted molar refractivity (Wildman–Crippen MR) is 124 cm³/mol. The number of rotatable bonds is 2. The van der Waals surface area contributed by atoms with Crippen LogP contribution in [0.1, 0.15) is 31.9 Å². The van der Waals surface area contributed by atoms with Crippen LogP contribution in [-0.2, 0) is 17.7 Å². The van der Waals surface area contributed by atoms with E-state index >= 15 is 0 Å². The van der Waals surface area contributed by atoms with Gasteiger partial charge in [-0.15, -0.1) is 0 Å². The molecular formula is C25H25IO2. The van der Waals surface area contributed by atoms with Gasteiger partial charge in [0.25, 0.3) is 0 Å². The summed E-state index contributed by atoms with van der Waals surface area (Å²) in [6.07, 6.45) is 1.97. The monoisotopic (exact) mass is 484 g/mol. The number of aryl methyl sites for hydroxylation is 1. The fraction of sp³-hybridized carbons (Fsp3) is 0.280. The van der Waals surface area contributed by atoms with E-state index in [1.807, 2.05) is 0 Å². The van der Waals surface area contributed by atoms with Gasteiger partial charge in [0.05, 0.1) is 0 Å². The Morgan fingerprint density at radius 3 is 2.39 bits per heavy atom. The van der Waals surface area contributed by atoms with Gasteiger partial charge in [-0.1, -0.05) is 75.4 Å². The molecule has 3 aromatic carbocycles. The smallest absolute Gasteiger partial charge is 0.173 e. The maximum Gasteiger partial charge on any atom is 0.173 e. The highest BCUT2D eigenvalue weighted by molar-refractivity contribution is 14.1. The average molecular weight is 484 g/mol. The molecule has 2 nitrogen and oxygen atoms in total. The highest BCUT2D eigenvalue weighted by atomic mass is 127. The minimum atomic E-state index is -0.0779. The zero-order chi connectivity index (χ0) is 19.7. The summed E-state index contributed by atoms with van der Waals surface area (Å²) in [5.41, 5.74) is 7.11. The molecule has 3 aromatic rings. The molecule has 1 aliphatic heterocycles. The number of fused-ring (bicyclic) bond motifs is 5.